The minimum atomic E-state index is -4.90. The van der Waals surface area contributed by atoms with Gasteiger partial charge in [0.1, 0.15) is 0 Å². The number of methoxy groups -OCH3 is 1. The standard InChI is InChI=1S/C10H11F3N2O3/c1-5-3-7(9(16)17-2)15-8(6(5)4-14)18-10(11,12)13/h3H,4,14H2,1-2H3. The zero-order chi connectivity index (χ0) is 13.9. The number of esters is 1. The summed E-state index contributed by atoms with van der Waals surface area (Å²) >= 11 is 0. The zero-order valence-corrected chi connectivity index (χ0v) is 9.67. The summed E-state index contributed by atoms with van der Waals surface area (Å²) in [5.41, 5.74) is 5.50. The Morgan fingerprint density at radius 2 is 2.11 bits per heavy atom. The smallest absolute Gasteiger partial charge is 0.464 e. The summed E-state index contributed by atoms with van der Waals surface area (Å²) in [6.45, 7) is 1.31. The first-order chi connectivity index (χ1) is 8.28. The fourth-order valence-electron chi connectivity index (χ4n) is 1.32. The summed E-state index contributed by atoms with van der Waals surface area (Å²) in [5.74, 6) is -1.58. The second-order valence-corrected chi connectivity index (χ2v) is 3.35. The minimum absolute atomic E-state index is 0.0833. The largest absolute Gasteiger partial charge is 0.574 e. The first-order valence-electron chi connectivity index (χ1n) is 4.83. The van der Waals surface area contributed by atoms with E-state index < -0.39 is 18.2 Å². The highest BCUT2D eigenvalue weighted by Gasteiger charge is 2.33. The molecule has 5 nitrogen and oxygen atoms in total. The van der Waals surface area contributed by atoms with Gasteiger partial charge in [-0.1, -0.05) is 0 Å². The Balaban J connectivity index is 3.28. The van der Waals surface area contributed by atoms with Crippen molar-refractivity contribution in [2.45, 2.75) is 19.8 Å². The molecule has 1 heterocycles. The maximum Gasteiger partial charge on any atom is 0.574 e. The lowest BCUT2D eigenvalue weighted by Crippen LogP contribution is -2.21. The summed E-state index contributed by atoms with van der Waals surface area (Å²) in [6.07, 6.45) is -4.90. The SMILES string of the molecule is COC(=O)c1cc(C)c(CN)c(OC(F)(F)F)n1. The predicted octanol–water partition coefficient (Wildman–Crippen LogP) is 1.53. The number of alkyl halides is 3. The van der Waals surface area contributed by atoms with E-state index in [9.17, 15) is 18.0 Å². The van der Waals surface area contributed by atoms with Gasteiger partial charge in [-0.2, -0.15) is 0 Å². The Morgan fingerprint density at radius 1 is 1.50 bits per heavy atom. The van der Waals surface area contributed by atoms with Crippen molar-refractivity contribution >= 4 is 5.97 Å². The van der Waals surface area contributed by atoms with Crippen LogP contribution >= 0.6 is 0 Å². The lowest BCUT2D eigenvalue weighted by Gasteiger charge is -2.14. The van der Waals surface area contributed by atoms with Crippen LogP contribution in [0, 0.1) is 6.92 Å². The van der Waals surface area contributed by atoms with Crippen molar-refractivity contribution in [2.24, 2.45) is 5.73 Å². The summed E-state index contributed by atoms with van der Waals surface area (Å²) in [6, 6.07) is 1.29. The number of nitrogens with zero attached hydrogens (tertiary/aromatic N) is 1. The van der Waals surface area contributed by atoms with Gasteiger partial charge in [0, 0.05) is 12.1 Å². The molecule has 0 amide bonds. The molecule has 0 aromatic carbocycles. The van der Waals surface area contributed by atoms with Crippen LogP contribution in [0.25, 0.3) is 0 Å². The summed E-state index contributed by atoms with van der Waals surface area (Å²) < 4.78 is 44.7. The molecule has 8 heteroatoms. The van der Waals surface area contributed by atoms with E-state index in [2.05, 4.69) is 14.5 Å². The number of hydrogen-bond acceptors (Lipinski definition) is 5. The van der Waals surface area contributed by atoms with Crippen molar-refractivity contribution in [3.63, 3.8) is 0 Å². The van der Waals surface area contributed by atoms with Crippen LogP contribution in [0.4, 0.5) is 13.2 Å². The molecule has 2 N–H and O–H groups in total. The molecule has 0 saturated carbocycles. The van der Waals surface area contributed by atoms with Crippen LogP contribution in [-0.2, 0) is 11.3 Å². The molecule has 0 saturated heterocycles. The zero-order valence-electron chi connectivity index (χ0n) is 9.67. The van der Waals surface area contributed by atoms with Gasteiger partial charge >= 0.3 is 12.3 Å². The highest BCUT2D eigenvalue weighted by atomic mass is 19.4. The Bertz CT molecular complexity index is 460. The lowest BCUT2D eigenvalue weighted by molar-refractivity contribution is -0.276. The molecule has 0 unspecified atom stereocenters. The number of carbonyl (C=O) groups is 1. The number of carbonyl (C=O) groups excluding carboxylic acids is 1. The van der Waals surface area contributed by atoms with Crippen molar-refractivity contribution in [3.05, 3.63) is 22.9 Å². The number of rotatable bonds is 3. The number of ether oxygens (including phenoxy) is 2. The van der Waals surface area contributed by atoms with Crippen molar-refractivity contribution in [1.82, 2.24) is 4.98 Å². The second kappa shape index (κ2) is 5.21. The average Bonchev–Trinajstić information content (AvgIpc) is 2.25. The number of pyridine rings is 1. The molecular formula is C10H11F3N2O3. The van der Waals surface area contributed by atoms with E-state index in [0.29, 0.717) is 5.56 Å². The molecule has 0 fully saturated rings. The Labute approximate surface area is 101 Å². The highest BCUT2D eigenvalue weighted by molar-refractivity contribution is 5.87. The third kappa shape index (κ3) is 3.33. The first kappa shape index (κ1) is 14.2. The van der Waals surface area contributed by atoms with E-state index in [4.69, 9.17) is 5.73 Å². The number of halogens is 3. The molecule has 0 atom stereocenters. The van der Waals surface area contributed by atoms with Crippen molar-refractivity contribution in [2.75, 3.05) is 7.11 Å². The minimum Gasteiger partial charge on any atom is -0.464 e. The van der Waals surface area contributed by atoms with E-state index in [1.54, 1.807) is 0 Å². The summed E-state index contributed by atoms with van der Waals surface area (Å²) in [5, 5.41) is 0. The number of aryl methyl sites for hydroxylation is 1. The molecule has 1 aromatic rings. The quantitative estimate of drug-likeness (QED) is 0.838. The molecule has 0 spiro atoms. The summed E-state index contributed by atoms with van der Waals surface area (Å²) in [7, 11) is 1.10. The molecule has 0 bridgehead atoms. The number of aromatic nitrogens is 1. The van der Waals surface area contributed by atoms with Crippen LogP contribution in [0.3, 0.4) is 0 Å². The van der Waals surface area contributed by atoms with Gasteiger partial charge in [-0.3, -0.25) is 0 Å². The normalized spacial score (nSPS) is 11.2. The van der Waals surface area contributed by atoms with E-state index in [1.165, 1.54) is 13.0 Å². The topological polar surface area (TPSA) is 74.4 Å². The molecule has 0 aliphatic rings. The summed E-state index contributed by atoms with van der Waals surface area (Å²) in [4.78, 5) is 14.7. The number of hydrogen-bond donors (Lipinski definition) is 1. The van der Waals surface area contributed by atoms with Crippen LogP contribution in [0.15, 0.2) is 6.07 Å². The van der Waals surface area contributed by atoms with Crippen molar-refractivity contribution in [3.8, 4) is 5.88 Å². The van der Waals surface area contributed by atoms with Gasteiger partial charge in [-0.05, 0) is 18.6 Å². The van der Waals surface area contributed by atoms with Gasteiger partial charge in [-0.25, -0.2) is 9.78 Å². The first-order valence-corrected chi connectivity index (χ1v) is 4.83. The van der Waals surface area contributed by atoms with Gasteiger partial charge in [0.25, 0.3) is 0 Å². The van der Waals surface area contributed by atoms with E-state index in [-0.39, 0.29) is 17.8 Å². The van der Waals surface area contributed by atoms with Crippen LogP contribution in [0.2, 0.25) is 0 Å². The Morgan fingerprint density at radius 3 is 2.56 bits per heavy atom. The van der Waals surface area contributed by atoms with Gasteiger partial charge in [0.05, 0.1) is 7.11 Å². The average molecular weight is 264 g/mol. The fraction of sp³-hybridized carbons (Fsp3) is 0.400. The van der Waals surface area contributed by atoms with Crippen molar-refractivity contribution in [1.29, 1.82) is 0 Å². The van der Waals surface area contributed by atoms with Gasteiger partial charge < -0.3 is 15.2 Å². The Kier molecular flexibility index (Phi) is 4.12. The van der Waals surface area contributed by atoms with Crippen LogP contribution in [0.5, 0.6) is 5.88 Å². The molecule has 1 rings (SSSR count). The van der Waals surface area contributed by atoms with E-state index in [1.807, 2.05) is 0 Å². The maximum atomic E-state index is 12.2. The molecule has 0 aliphatic carbocycles. The molecular weight excluding hydrogens is 253 g/mol. The van der Waals surface area contributed by atoms with Crippen molar-refractivity contribution < 1.29 is 27.4 Å². The van der Waals surface area contributed by atoms with E-state index in [0.717, 1.165) is 7.11 Å². The van der Waals surface area contributed by atoms with Gasteiger partial charge in [-0.15, -0.1) is 13.2 Å². The van der Waals surface area contributed by atoms with E-state index >= 15 is 0 Å². The second-order valence-electron chi connectivity index (χ2n) is 3.35. The molecule has 1 aromatic heterocycles. The van der Waals surface area contributed by atoms with Crippen LogP contribution < -0.4 is 10.5 Å². The van der Waals surface area contributed by atoms with Crippen LogP contribution in [-0.4, -0.2) is 24.4 Å². The number of nitrogens with two attached hydrogens (primary N) is 1. The predicted molar refractivity (Wildman–Crippen MR) is 54.9 cm³/mol. The fourth-order valence-corrected chi connectivity index (χ4v) is 1.32. The van der Waals surface area contributed by atoms with Crippen LogP contribution in [0.1, 0.15) is 21.6 Å². The maximum absolute atomic E-state index is 12.2. The molecule has 18 heavy (non-hydrogen) atoms. The molecule has 100 valence electrons. The van der Waals surface area contributed by atoms with Gasteiger partial charge in [0.2, 0.25) is 5.88 Å². The highest BCUT2D eigenvalue weighted by Crippen LogP contribution is 2.27. The molecule has 0 aliphatic heterocycles. The third-order valence-electron chi connectivity index (χ3n) is 2.12. The monoisotopic (exact) mass is 264 g/mol. The molecule has 0 radical (unpaired) electrons. The van der Waals surface area contributed by atoms with Gasteiger partial charge in [0.15, 0.2) is 5.69 Å². The Hall–Kier alpha value is -1.83. The lowest BCUT2D eigenvalue weighted by atomic mass is 10.1. The third-order valence-corrected chi connectivity index (χ3v) is 2.12.